The van der Waals surface area contributed by atoms with E-state index in [9.17, 15) is 9.59 Å². The quantitative estimate of drug-likeness (QED) is 0.687. The van der Waals surface area contributed by atoms with Crippen LogP contribution in [0.1, 0.15) is 17.5 Å². The molecule has 0 aliphatic rings. The molecule has 3 aromatic rings. The number of amides is 3. The van der Waals surface area contributed by atoms with Crippen molar-refractivity contribution in [2.75, 3.05) is 7.05 Å². The molecule has 0 radical (unpaired) electrons. The van der Waals surface area contributed by atoms with Gasteiger partial charge in [-0.3, -0.25) is 15.0 Å². The smallest absolute Gasteiger partial charge is 0.321 e. The second kappa shape index (κ2) is 8.75. The van der Waals surface area contributed by atoms with Gasteiger partial charge in [0.25, 0.3) is 0 Å². The summed E-state index contributed by atoms with van der Waals surface area (Å²) in [6.45, 7) is 2.68. The van der Waals surface area contributed by atoms with Crippen LogP contribution in [0.4, 0.5) is 4.79 Å². The van der Waals surface area contributed by atoms with E-state index in [4.69, 9.17) is 0 Å². The van der Waals surface area contributed by atoms with Crippen LogP contribution in [0.25, 0.3) is 10.2 Å². The average molecular weight is 382 g/mol. The van der Waals surface area contributed by atoms with Crippen molar-refractivity contribution >= 4 is 33.5 Å². The Morgan fingerprint density at radius 3 is 2.56 bits per heavy atom. The van der Waals surface area contributed by atoms with Crippen LogP contribution in [0.2, 0.25) is 0 Å². The lowest BCUT2D eigenvalue weighted by molar-refractivity contribution is -0.124. The number of nitrogens with zero attached hydrogens (tertiary/aromatic N) is 2. The van der Waals surface area contributed by atoms with Crippen molar-refractivity contribution < 1.29 is 9.59 Å². The second-order valence-electron chi connectivity index (χ2n) is 6.32. The number of hydrogen-bond acceptors (Lipinski definition) is 5. The van der Waals surface area contributed by atoms with Gasteiger partial charge in [0, 0.05) is 6.54 Å². The number of hydrogen-bond donors (Lipinski definition) is 2. The first-order chi connectivity index (χ1) is 13.0. The van der Waals surface area contributed by atoms with Crippen LogP contribution in [-0.4, -0.2) is 34.9 Å². The Morgan fingerprint density at radius 2 is 1.81 bits per heavy atom. The third kappa shape index (κ3) is 5.12. The summed E-state index contributed by atoms with van der Waals surface area (Å²) in [5.41, 5.74) is 1.93. The van der Waals surface area contributed by atoms with E-state index in [1.54, 1.807) is 18.3 Å². The molecule has 1 aromatic heterocycles. The molecule has 2 aromatic carbocycles. The number of benzene rings is 2. The molecule has 0 aliphatic carbocycles. The number of likely N-dealkylation sites (N-methyl/N-ethyl adjacent to an activating group) is 1. The largest absolute Gasteiger partial charge is 0.334 e. The first-order valence-corrected chi connectivity index (χ1v) is 9.52. The van der Waals surface area contributed by atoms with E-state index in [0.29, 0.717) is 13.1 Å². The topological polar surface area (TPSA) is 74.3 Å². The molecule has 0 spiro atoms. The zero-order valence-electron chi connectivity index (χ0n) is 15.3. The summed E-state index contributed by atoms with van der Waals surface area (Å²) in [5.74, 6) is -0.343. The number of imide groups is 1. The fraction of sp³-hybridized carbons (Fsp3) is 0.250. The van der Waals surface area contributed by atoms with E-state index < -0.39 is 12.1 Å². The highest BCUT2D eigenvalue weighted by molar-refractivity contribution is 7.18. The molecule has 0 saturated carbocycles. The number of carbonyl (C=O) groups is 2. The van der Waals surface area contributed by atoms with Crippen LogP contribution < -0.4 is 10.6 Å². The van der Waals surface area contributed by atoms with Crippen LogP contribution in [0.3, 0.4) is 0 Å². The number of urea groups is 1. The molecule has 7 heteroatoms. The maximum absolute atomic E-state index is 12.3. The van der Waals surface area contributed by atoms with Crippen molar-refractivity contribution in [2.24, 2.45) is 0 Å². The minimum atomic E-state index is -0.496. The van der Waals surface area contributed by atoms with Gasteiger partial charge in [0.05, 0.1) is 22.8 Å². The molecule has 27 heavy (non-hydrogen) atoms. The van der Waals surface area contributed by atoms with Crippen molar-refractivity contribution in [3.8, 4) is 0 Å². The summed E-state index contributed by atoms with van der Waals surface area (Å²) in [4.78, 5) is 30.8. The highest BCUT2D eigenvalue weighted by atomic mass is 32.1. The van der Waals surface area contributed by atoms with Crippen molar-refractivity contribution in [3.05, 3.63) is 65.2 Å². The maximum atomic E-state index is 12.3. The number of nitrogens with one attached hydrogen (secondary N) is 2. The number of fused-ring (bicyclic) bond motifs is 1. The van der Waals surface area contributed by atoms with Gasteiger partial charge in [-0.05, 0) is 31.7 Å². The number of thiazole rings is 1. The van der Waals surface area contributed by atoms with E-state index in [2.05, 4.69) is 15.6 Å². The van der Waals surface area contributed by atoms with Crippen LogP contribution in [0.5, 0.6) is 0 Å². The minimum Gasteiger partial charge on any atom is -0.334 e. The van der Waals surface area contributed by atoms with Gasteiger partial charge in [0.1, 0.15) is 5.01 Å². The van der Waals surface area contributed by atoms with Gasteiger partial charge in [0.2, 0.25) is 5.91 Å². The standard InChI is InChI=1S/C20H22N4O2S/c1-14(19(25)23-20(26)21-12-15-8-4-3-5-9-15)24(2)13-18-22-16-10-6-7-11-17(16)27-18/h3-11,14H,12-13H2,1-2H3,(H2,21,23,25,26). The van der Waals surface area contributed by atoms with Gasteiger partial charge >= 0.3 is 6.03 Å². The van der Waals surface area contributed by atoms with Gasteiger partial charge in [-0.25, -0.2) is 9.78 Å². The molecule has 0 bridgehead atoms. The molecule has 0 saturated heterocycles. The fourth-order valence-corrected chi connectivity index (χ4v) is 3.61. The number of para-hydroxylation sites is 1. The predicted molar refractivity (Wildman–Crippen MR) is 107 cm³/mol. The summed E-state index contributed by atoms with van der Waals surface area (Å²) in [7, 11) is 1.85. The Balaban J connectivity index is 1.50. The predicted octanol–water partition coefficient (Wildman–Crippen LogP) is 3.14. The first kappa shape index (κ1) is 19.0. The van der Waals surface area contributed by atoms with Gasteiger partial charge in [0.15, 0.2) is 0 Å². The lowest BCUT2D eigenvalue weighted by Crippen LogP contribution is -2.48. The Kier molecular flexibility index (Phi) is 6.16. The van der Waals surface area contributed by atoms with Crippen molar-refractivity contribution in [2.45, 2.75) is 26.1 Å². The minimum absolute atomic E-state index is 0.343. The second-order valence-corrected chi connectivity index (χ2v) is 7.44. The van der Waals surface area contributed by atoms with Crippen molar-refractivity contribution in [3.63, 3.8) is 0 Å². The fourth-order valence-electron chi connectivity index (χ4n) is 2.58. The first-order valence-electron chi connectivity index (χ1n) is 8.70. The molecule has 0 fully saturated rings. The molecule has 3 amide bonds. The number of aromatic nitrogens is 1. The number of carbonyl (C=O) groups excluding carboxylic acids is 2. The van der Waals surface area contributed by atoms with Crippen LogP contribution in [0, 0.1) is 0 Å². The lowest BCUT2D eigenvalue weighted by atomic mass is 10.2. The Labute approximate surface area is 162 Å². The van der Waals surface area contributed by atoms with Crippen LogP contribution in [0.15, 0.2) is 54.6 Å². The molecule has 1 heterocycles. The highest BCUT2D eigenvalue weighted by Gasteiger charge is 2.21. The van der Waals surface area contributed by atoms with E-state index in [-0.39, 0.29) is 5.91 Å². The van der Waals surface area contributed by atoms with Crippen molar-refractivity contribution in [1.29, 1.82) is 0 Å². The van der Waals surface area contributed by atoms with Gasteiger partial charge in [-0.1, -0.05) is 42.5 Å². The molecule has 6 nitrogen and oxygen atoms in total. The summed E-state index contributed by atoms with van der Waals surface area (Å²) < 4.78 is 1.12. The van der Waals surface area contributed by atoms with Crippen LogP contribution >= 0.6 is 11.3 Å². The molecule has 1 unspecified atom stereocenters. The summed E-state index contributed by atoms with van der Waals surface area (Å²) in [6.07, 6.45) is 0. The van der Waals surface area contributed by atoms with E-state index >= 15 is 0 Å². The zero-order chi connectivity index (χ0) is 19.2. The maximum Gasteiger partial charge on any atom is 0.321 e. The monoisotopic (exact) mass is 382 g/mol. The molecule has 2 N–H and O–H groups in total. The Hall–Kier alpha value is -2.77. The molecule has 0 aliphatic heterocycles. The zero-order valence-corrected chi connectivity index (χ0v) is 16.1. The third-order valence-corrected chi connectivity index (χ3v) is 5.32. The van der Waals surface area contributed by atoms with Gasteiger partial charge in [-0.2, -0.15) is 0 Å². The molecule has 140 valence electrons. The SMILES string of the molecule is CC(C(=O)NC(=O)NCc1ccccc1)N(C)Cc1nc2ccccc2s1. The normalized spacial score (nSPS) is 12.1. The van der Waals surface area contributed by atoms with E-state index in [0.717, 1.165) is 20.8 Å². The molecule has 1 atom stereocenters. The molecular weight excluding hydrogens is 360 g/mol. The average Bonchev–Trinajstić information content (AvgIpc) is 3.08. The van der Waals surface area contributed by atoms with Gasteiger partial charge < -0.3 is 5.32 Å². The molecule has 3 rings (SSSR count). The summed E-state index contributed by atoms with van der Waals surface area (Å²) >= 11 is 1.61. The van der Waals surface area contributed by atoms with Crippen molar-refractivity contribution in [1.82, 2.24) is 20.5 Å². The van der Waals surface area contributed by atoms with E-state index in [1.807, 2.05) is 66.5 Å². The summed E-state index contributed by atoms with van der Waals surface area (Å²) in [5, 5.41) is 6.02. The van der Waals surface area contributed by atoms with E-state index in [1.165, 1.54) is 0 Å². The Bertz CT molecular complexity index is 893. The van der Waals surface area contributed by atoms with Gasteiger partial charge in [-0.15, -0.1) is 11.3 Å². The Morgan fingerprint density at radius 1 is 1.11 bits per heavy atom. The summed E-state index contributed by atoms with van der Waals surface area (Å²) in [6, 6.07) is 16.5. The number of rotatable bonds is 6. The highest BCUT2D eigenvalue weighted by Crippen LogP contribution is 2.22. The lowest BCUT2D eigenvalue weighted by Gasteiger charge is -2.22. The third-order valence-electron chi connectivity index (χ3n) is 4.30. The molecular formula is C20H22N4O2S. The van der Waals surface area contributed by atoms with Crippen LogP contribution in [-0.2, 0) is 17.9 Å².